The zero-order chi connectivity index (χ0) is 6.57. The SMILES string of the molecule is C[S+]([O-])CCC(=O)O.[Ba]. The zero-order valence-corrected chi connectivity index (χ0v) is 10.6. The summed E-state index contributed by atoms with van der Waals surface area (Å²) in [4.78, 5) is 9.77. The molecule has 0 heterocycles. The van der Waals surface area contributed by atoms with E-state index < -0.39 is 17.1 Å². The molecule has 0 aromatic rings. The van der Waals surface area contributed by atoms with Crippen molar-refractivity contribution in [1.82, 2.24) is 0 Å². The van der Waals surface area contributed by atoms with E-state index in [1.165, 1.54) is 6.26 Å². The fourth-order valence-corrected chi connectivity index (χ4v) is 0.693. The van der Waals surface area contributed by atoms with Crippen molar-refractivity contribution >= 4 is 66.0 Å². The van der Waals surface area contributed by atoms with Crippen LogP contribution in [0.1, 0.15) is 6.42 Å². The molecule has 50 valence electrons. The first-order valence-electron chi connectivity index (χ1n) is 2.14. The molecule has 5 heteroatoms. The summed E-state index contributed by atoms with van der Waals surface area (Å²) in [6.07, 6.45) is 1.49. The van der Waals surface area contributed by atoms with Gasteiger partial charge in [0, 0.05) is 48.9 Å². The molecule has 9 heavy (non-hydrogen) atoms. The van der Waals surface area contributed by atoms with Crippen LogP contribution < -0.4 is 0 Å². The third-order valence-corrected chi connectivity index (χ3v) is 1.38. The third kappa shape index (κ3) is 12.5. The molecule has 0 saturated heterocycles. The van der Waals surface area contributed by atoms with E-state index in [0.29, 0.717) is 0 Å². The van der Waals surface area contributed by atoms with Crippen LogP contribution in [0, 0.1) is 0 Å². The number of carboxylic acids is 1. The van der Waals surface area contributed by atoms with Crippen LogP contribution >= 0.6 is 0 Å². The maximum Gasteiger partial charge on any atom is 0.308 e. The van der Waals surface area contributed by atoms with Crippen LogP contribution in [-0.4, -0.2) is 76.5 Å². The number of hydrogen-bond acceptors (Lipinski definition) is 2. The van der Waals surface area contributed by atoms with Crippen LogP contribution in [0.5, 0.6) is 0 Å². The van der Waals surface area contributed by atoms with E-state index in [4.69, 9.17) is 5.11 Å². The minimum atomic E-state index is -0.967. The van der Waals surface area contributed by atoms with Crippen LogP contribution in [-0.2, 0) is 16.0 Å². The van der Waals surface area contributed by atoms with Crippen molar-refractivity contribution in [2.24, 2.45) is 0 Å². The molecule has 0 saturated carbocycles. The average Bonchev–Trinajstić information content (AvgIpc) is 1.61. The minimum absolute atomic E-state index is 0. The van der Waals surface area contributed by atoms with Gasteiger partial charge in [-0.1, -0.05) is 11.2 Å². The molecule has 0 rings (SSSR count). The van der Waals surface area contributed by atoms with E-state index in [1.807, 2.05) is 0 Å². The summed E-state index contributed by atoms with van der Waals surface area (Å²) >= 11 is -0.967. The van der Waals surface area contributed by atoms with Gasteiger partial charge in [0.15, 0.2) is 0 Å². The quantitative estimate of drug-likeness (QED) is 0.555. The summed E-state index contributed by atoms with van der Waals surface area (Å²) in [6.45, 7) is 0. The van der Waals surface area contributed by atoms with Crippen molar-refractivity contribution in [2.45, 2.75) is 6.42 Å². The van der Waals surface area contributed by atoms with Gasteiger partial charge in [0.1, 0.15) is 5.75 Å². The van der Waals surface area contributed by atoms with Gasteiger partial charge in [0.25, 0.3) is 0 Å². The molecule has 0 aromatic heterocycles. The Kier molecular flexibility index (Phi) is 10.8. The molecule has 0 fully saturated rings. The second-order valence-electron chi connectivity index (χ2n) is 1.42. The van der Waals surface area contributed by atoms with Crippen LogP contribution in [0.15, 0.2) is 0 Å². The molecule has 0 aliphatic rings. The Hall–Kier alpha value is 1.35. The number of carboxylic acid groups (broad SMARTS) is 1. The third-order valence-electron chi connectivity index (χ3n) is 0.603. The van der Waals surface area contributed by atoms with Crippen LogP contribution in [0.25, 0.3) is 0 Å². The molecular weight excluding hydrogens is 265 g/mol. The fourth-order valence-electron chi connectivity index (χ4n) is 0.231. The van der Waals surface area contributed by atoms with E-state index in [9.17, 15) is 9.35 Å². The molecule has 0 aliphatic heterocycles. The van der Waals surface area contributed by atoms with E-state index in [2.05, 4.69) is 0 Å². The van der Waals surface area contributed by atoms with Crippen molar-refractivity contribution < 1.29 is 14.5 Å². The maximum absolute atomic E-state index is 10.2. The zero-order valence-electron chi connectivity index (χ0n) is 5.29. The molecule has 3 nitrogen and oxygen atoms in total. The Labute approximate surface area is 97.5 Å². The summed E-state index contributed by atoms with van der Waals surface area (Å²) in [5.41, 5.74) is 0. The van der Waals surface area contributed by atoms with Gasteiger partial charge in [-0.2, -0.15) is 0 Å². The van der Waals surface area contributed by atoms with Crippen molar-refractivity contribution in [1.29, 1.82) is 0 Å². The molecule has 1 atom stereocenters. The molecular formula is C4H8BaO3S. The summed E-state index contributed by atoms with van der Waals surface area (Å²) in [5, 5.41) is 8.03. The molecule has 0 aromatic carbocycles. The van der Waals surface area contributed by atoms with Crippen molar-refractivity contribution in [2.75, 3.05) is 12.0 Å². The summed E-state index contributed by atoms with van der Waals surface area (Å²) in [6, 6.07) is 0. The maximum atomic E-state index is 10.2. The number of carbonyl (C=O) groups is 1. The number of aliphatic carboxylic acids is 1. The standard InChI is InChI=1S/C4H8O3S.Ba/c1-8(7)3-2-4(5)6;/h2-3H2,1H3,(H,5,6);. The Morgan fingerprint density at radius 3 is 2.33 bits per heavy atom. The van der Waals surface area contributed by atoms with Gasteiger partial charge in [-0.25, -0.2) is 0 Å². The Morgan fingerprint density at radius 2 is 2.22 bits per heavy atom. The first kappa shape index (κ1) is 13.0. The number of rotatable bonds is 3. The molecule has 0 spiro atoms. The van der Waals surface area contributed by atoms with Gasteiger partial charge in [0.2, 0.25) is 0 Å². The molecule has 2 radical (unpaired) electrons. The first-order chi connectivity index (χ1) is 3.63. The fraction of sp³-hybridized carbons (Fsp3) is 0.750. The van der Waals surface area contributed by atoms with Gasteiger partial charge in [-0.3, -0.25) is 4.79 Å². The topological polar surface area (TPSA) is 60.4 Å². The average molecular weight is 274 g/mol. The normalized spacial score (nSPS) is 11.8. The monoisotopic (exact) mass is 274 g/mol. The smallest absolute Gasteiger partial charge is 0.308 e. The van der Waals surface area contributed by atoms with E-state index in [0.717, 1.165) is 0 Å². The summed E-state index contributed by atoms with van der Waals surface area (Å²) in [7, 11) is 0. The Bertz CT molecular complexity index is 85.9. The van der Waals surface area contributed by atoms with Crippen molar-refractivity contribution in [3.05, 3.63) is 0 Å². The second-order valence-corrected chi connectivity index (χ2v) is 2.98. The first-order valence-corrected chi connectivity index (χ1v) is 3.87. The van der Waals surface area contributed by atoms with Crippen LogP contribution in [0.4, 0.5) is 0 Å². The predicted octanol–water partition coefficient (Wildman–Crippen LogP) is -0.541. The summed E-state index contributed by atoms with van der Waals surface area (Å²) in [5.74, 6) is -0.629. The van der Waals surface area contributed by atoms with E-state index >= 15 is 0 Å². The van der Waals surface area contributed by atoms with Gasteiger partial charge in [0.05, 0.1) is 12.7 Å². The molecule has 0 amide bonds. The Balaban J connectivity index is 0. The number of hydrogen-bond donors (Lipinski definition) is 1. The van der Waals surface area contributed by atoms with E-state index in [1.54, 1.807) is 0 Å². The molecule has 1 unspecified atom stereocenters. The second kappa shape index (κ2) is 7.46. The Morgan fingerprint density at radius 1 is 1.78 bits per heavy atom. The largest absolute Gasteiger partial charge is 0.617 e. The molecule has 0 aliphatic carbocycles. The van der Waals surface area contributed by atoms with Gasteiger partial charge < -0.3 is 9.66 Å². The van der Waals surface area contributed by atoms with Crippen LogP contribution in [0.2, 0.25) is 0 Å². The molecule has 1 N–H and O–H groups in total. The molecule has 0 bridgehead atoms. The van der Waals surface area contributed by atoms with Gasteiger partial charge in [-0.15, -0.1) is 0 Å². The van der Waals surface area contributed by atoms with Gasteiger partial charge in [-0.05, 0) is 0 Å². The minimum Gasteiger partial charge on any atom is -0.617 e. The van der Waals surface area contributed by atoms with Crippen molar-refractivity contribution in [3.63, 3.8) is 0 Å². The summed E-state index contributed by atoms with van der Waals surface area (Å²) < 4.78 is 10.2. The predicted molar refractivity (Wildman–Crippen MR) is 36.9 cm³/mol. The van der Waals surface area contributed by atoms with Crippen molar-refractivity contribution in [3.8, 4) is 0 Å². The van der Waals surface area contributed by atoms with Crippen LogP contribution in [0.3, 0.4) is 0 Å². The van der Waals surface area contributed by atoms with E-state index in [-0.39, 0.29) is 61.1 Å². The van der Waals surface area contributed by atoms with Gasteiger partial charge >= 0.3 is 5.97 Å².